The van der Waals surface area contributed by atoms with Crippen LogP contribution >= 0.6 is 0 Å². The van der Waals surface area contributed by atoms with Gasteiger partial charge >= 0.3 is 0 Å². The summed E-state index contributed by atoms with van der Waals surface area (Å²) < 4.78 is 0. The average Bonchev–Trinajstić information content (AvgIpc) is 2.15. The van der Waals surface area contributed by atoms with Gasteiger partial charge in [0.2, 0.25) is 17.7 Å². The minimum Gasteiger partial charge on any atom is -0.357 e. The fraction of sp³-hybridized carbons (Fsp3) is 0.667. The highest BCUT2D eigenvalue weighted by atomic mass is 16.2. The number of rotatable bonds is 4. The monoisotopic (exact) mass is 215 g/mol. The maximum atomic E-state index is 11.4. The molecule has 0 radical (unpaired) electrons. The predicted octanol–water partition coefficient (Wildman–Crippen LogP) is -1.24. The summed E-state index contributed by atoms with van der Waals surface area (Å²) in [5.41, 5.74) is 0. The Morgan fingerprint density at radius 2 is 1.40 bits per heavy atom. The van der Waals surface area contributed by atoms with Crippen LogP contribution in [0.25, 0.3) is 0 Å². The molecule has 0 aromatic heterocycles. The maximum absolute atomic E-state index is 11.4. The highest BCUT2D eigenvalue weighted by Gasteiger charge is 2.18. The first-order valence-corrected chi connectivity index (χ1v) is 4.67. The summed E-state index contributed by atoms with van der Waals surface area (Å²) in [5, 5.41) is 7.30. The molecule has 0 aromatic carbocycles. The zero-order valence-corrected chi connectivity index (χ0v) is 9.38. The first kappa shape index (κ1) is 13.4. The molecule has 0 saturated heterocycles. The number of carbonyl (C=O) groups excluding carboxylic acids is 3. The molecule has 0 aliphatic heterocycles. The zero-order chi connectivity index (χ0) is 12.0. The van der Waals surface area contributed by atoms with E-state index < -0.39 is 12.1 Å². The molecule has 15 heavy (non-hydrogen) atoms. The van der Waals surface area contributed by atoms with Crippen molar-refractivity contribution < 1.29 is 14.4 Å². The van der Waals surface area contributed by atoms with E-state index in [0.717, 1.165) is 0 Å². The Labute approximate surface area is 88.8 Å². The van der Waals surface area contributed by atoms with Gasteiger partial charge in [-0.25, -0.2) is 0 Å². The van der Waals surface area contributed by atoms with E-state index >= 15 is 0 Å². The van der Waals surface area contributed by atoms with E-state index in [-0.39, 0.29) is 17.7 Å². The third-order valence-corrected chi connectivity index (χ3v) is 1.81. The van der Waals surface area contributed by atoms with E-state index in [1.54, 1.807) is 13.8 Å². The molecule has 0 saturated carbocycles. The SMILES string of the molecule is CNC(=O)[C@@H](C)NC(=O)[C@H](C)NC(C)=O. The van der Waals surface area contributed by atoms with Crippen LogP contribution in [0.15, 0.2) is 0 Å². The van der Waals surface area contributed by atoms with Gasteiger partial charge in [0.1, 0.15) is 12.1 Å². The van der Waals surface area contributed by atoms with Gasteiger partial charge in [-0.3, -0.25) is 14.4 Å². The van der Waals surface area contributed by atoms with Crippen LogP contribution < -0.4 is 16.0 Å². The van der Waals surface area contributed by atoms with Gasteiger partial charge in [-0.05, 0) is 13.8 Å². The molecule has 6 heteroatoms. The second kappa shape index (κ2) is 6.00. The molecule has 0 fully saturated rings. The van der Waals surface area contributed by atoms with Gasteiger partial charge in [0.25, 0.3) is 0 Å². The summed E-state index contributed by atoms with van der Waals surface area (Å²) in [5.74, 6) is -0.954. The van der Waals surface area contributed by atoms with E-state index in [1.165, 1.54) is 14.0 Å². The largest absolute Gasteiger partial charge is 0.357 e. The molecule has 2 atom stereocenters. The molecule has 0 unspecified atom stereocenters. The lowest BCUT2D eigenvalue weighted by Gasteiger charge is -2.16. The maximum Gasteiger partial charge on any atom is 0.242 e. The van der Waals surface area contributed by atoms with E-state index in [9.17, 15) is 14.4 Å². The number of hydrogen-bond donors (Lipinski definition) is 3. The zero-order valence-electron chi connectivity index (χ0n) is 9.38. The number of carbonyl (C=O) groups is 3. The van der Waals surface area contributed by atoms with Crippen molar-refractivity contribution in [2.24, 2.45) is 0 Å². The molecule has 0 spiro atoms. The minimum absolute atomic E-state index is 0.279. The van der Waals surface area contributed by atoms with Gasteiger partial charge in [-0.1, -0.05) is 0 Å². The van der Waals surface area contributed by atoms with Gasteiger partial charge < -0.3 is 16.0 Å². The van der Waals surface area contributed by atoms with Crippen LogP contribution in [-0.4, -0.2) is 36.9 Å². The summed E-state index contributed by atoms with van der Waals surface area (Å²) in [4.78, 5) is 33.1. The first-order chi connectivity index (χ1) is 6.88. The summed E-state index contributed by atoms with van der Waals surface area (Å²) >= 11 is 0. The molecule has 0 aliphatic rings. The number of hydrogen-bond acceptors (Lipinski definition) is 3. The smallest absolute Gasteiger partial charge is 0.242 e. The Morgan fingerprint density at radius 3 is 1.80 bits per heavy atom. The van der Waals surface area contributed by atoms with Gasteiger partial charge in [0.05, 0.1) is 0 Å². The second-order valence-corrected chi connectivity index (χ2v) is 3.27. The van der Waals surface area contributed by atoms with Crippen LogP contribution in [0.4, 0.5) is 0 Å². The molecule has 0 aromatic rings. The van der Waals surface area contributed by atoms with Crippen molar-refractivity contribution in [1.82, 2.24) is 16.0 Å². The number of amides is 3. The molecule has 0 rings (SSSR count). The van der Waals surface area contributed by atoms with Gasteiger partial charge in [-0.15, -0.1) is 0 Å². The van der Waals surface area contributed by atoms with Crippen molar-refractivity contribution in [3.63, 3.8) is 0 Å². The number of nitrogens with one attached hydrogen (secondary N) is 3. The molecule has 0 aliphatic carbocycles. The summed E-state index contributed by atoms with van der Waals surface area (Å²) in [6.07, 6.45) is 0. The predicted molar refractivity (Wildman–Crippen MR) is 55.0 cm³/mol. The quantitative estimate of drug-likeness (QED) is 0.548. The Morgan fingerprint density at radius 1 is 0.933 bits per heavy atom. The fourth-order valence-corrected chi connectivity index (χ4v) is 0.991. The van der Waals surface area contributed by atoms with Gasteiger partial charge in [-0.2, -0.15) is 0 Å². The van der Waals surface area contributed by atoms with E-state index in [4.69, 9.17) is 0 Å². The third kappa shape index (κ3) is 4.99. The lowest BCUT2D eigenvalue weighted by atomic mass is 10.2. The molecular formula is C9H17N3O3. The molecule has 6 nitrogen and oxygen atoms in total. The van der Waals surface area contributed by atoms with Crippen molar-refractivity contribution in [2.45, 2.75) is 32.9 Å². The van der Waals surface area contributed by atoms with Crippen molar-refractivity contribution in [1.29, 1.82) is 0 Å². The minimum atomic E-state index is -0.644. The lowest BCUT2D eigenvalue weighted by molar-refractivity contribution is -0.130. The summed E-state index contributed by atoms with van der Waals surface area (Å²) in [6.45, 7) is 4.44. The highest BCUT2D eigenvalue weighted by molar-refractivity contribution is 5.91. The second-order valence-electron chi connectivity index (χ2n) is 3.27. The van der Waals surface area contributed by atoms with Crippen molar-refractivity contribution >= 4 is 17.7 Å². The van der Waals surface area contributed by atoms with Crippen LogP contribution in [0.5, 0.6) is 0 Å². The molecule has 3 amide bonds. The normalized spacial score (nSPS) is 13.6. The van der Waals surface area contributed by atoms with Crippen LogP contribution in [0.3, 0.4) is 0 Å². The highest BCUT2D eigenvalue weighted by Crippen LogP contribution is 1.86. The molecule has 0 heterocycles. The van der Waals surface area contributed by atoms with Crippen molar-refractivity contribution in [3.05, 3.63) is 0 Å². The van der Waals surface area contributed by atoms with Crippen LogP contribution in [0.2, 0.25) is 0 Å². The van der Waals surface area contributed by atoms with E-state index in [2.05, 4.69) is 16.0 Å². The van der Waals surface area contributed by atoms with Crippen LogP contribution in [0.1, 0.15) is 20.8 Å². The lowest BCUT2D eigenvalue weighted by Crippen LogP contribution is -2.50. The Hall–Kier alpha value is -1.59. The summed E-state index contributed by atoms with van der Waals surface area (Å²) in [6, 6.07) is -1.26. The molecule has 86 valence electrons. The Kier molecular flexibility index (Phi) is 5.36. The molecular weight excluding hydrogens is 198 g/mol. The van der Waals surface area contributed by atoms with Gasteiger partial charge in [0, 0.05) is 14.0 Å². The first-order valence-electron chi connectivity index (χ1n) is 4.67. The Bertz CT molecular complexity index is 265. The van der Waals surface area contributed by atoms with Crippen molar-refractivity contribution in [2.75, 3.05) is 7.05 Å². The number of likely N-dealkylation sites (N-methyl/N-ethyl adjacent to an activating group) is 1. The Balaban J connectivity index is 4.12. The van der Waals surface area contributed by atoms with E-state index in [1.807, 2.05) is 0 Å². The molecule has 0 bridgehead atoms. The van der Waals surface area contributed by atoms with Crippen LogP contribution in [-0.2, 0) is 14.4 Å². The molecule has 3 N–H and O–H groups in total. The van der Waals surface area contributed by atoms with E-state index in [0.29, 0.717) is 0 Å². The topological polar surface area (TPSA) is 87.3 Å². The van der Waals surface area contributed by atoms with Gasteiger partial charge in [0.15, 0.2) is 0 Å². The fourth-order valence-electron chi connectivity index (χ4n) is 0.991. The average molecular weight is 215 g/mol. The van der Waals surface area contributed by atoms with Crippen molar-refractivity contribution in [3.8, 4) is 0 Å². The van der Waals surface area contributed by atoms with Crippen LogP contribution in [0, 0.1) is 0 Å². The third-order valence-electron chi connectivity index (χ3n) is 1.81. The standard InChI is InChI=1S/C9H17N3O3/c1-5(8(14)10-4)12-9(15)6(2)11-7(3)13/h5-6H,1-4H3,(H,10,14)(H,11,13)(H,12,15)/t5-,6+/m1/s1. The summed E-state index contributed by atoms with van der Waals surface area (Å²) in [7, 11) is 1.49.